The van der Waals surface area contributed by atoms with Gasteiger partial charge in [-0.3, -0.25) is 9.05 Å². The average molecular weight is 566 g/mol. The zero-order chi connectivity index (χ0) is 28.0. The highest BCUT2D eigenvalue weighted by Gasteiger charge is 2.22. The highest BCUT2D eigenvalue weighted by atomic mass is 31.2. The molecule has 0 fully saturated rings. The SMILES string of the molecule is CCCCCCCCCCCCCCCCCCCCCCCCCOCC(O)COP(=O)(O)OCCN. The second-order valence-electron chi connectivity index (χ2n) is 10.9. The summed E-state index contributed by atoms with van der Waals surface area (Å²) in [6.45, 7) is 2.69. The van der Waals surface area contributed by atoms with Crippen LogP contribution in [0.3, 0.4) is 0 Å². The third kappa shape index (κ3) is 30.5. The van der Waals surface area contributed by atoms with E-state index in [0.717, 1.165) is 12.8 Å². The monoisotopic (exact) mass is 565 g/mol. The number of ether oxygens (including phenoxy) is 1. The van der Waals surface area contributed by atoms with Gasteiger partial charge in [-0.2, -0.15) is 0 Å². The number of aliphatic hydroxyl groups is 1. The minimum absolute atomic E-state index is 0.0695. The number of aliphatic hydroxyl groups excluding tert-OH is 1. The van der Waals surface area contributed by atoms with Gasteiger partial charge in [0, 0.05) is 13.2 Å². The van der Waals surface area contributed by atoms with Crippen molar-refractivity contribution in [1.29, 1.82) is 0 Å². The van der Waals surface area contributed by atoms with E-state index < -0.39 is 13.9 Å². The minimum Gasteiger partial charge on any atom is -0.388 e. The largest absolute Gasteiger partial charge is 0.472 e. The van der Waals surface area contributed by atoms with Gasteiger partial charge in [-0.15, -0.1) is 0 Å². The molecule has 0 radical (unpaired) electrons. The Labute approximate surface area is 235 Å². The molecular formula is C30H64NO6P. The first-order valence-electron chi connectivity index (χ1n) is 16.1. The molecular weight excluding hydrogens is 501 g/mol. The minimum atomic E-state index is -4.14. The molecule has 0 bridgehead atoms. The van der Waals surface area contributed by atoms with Gasteiger partial charge in [-0.05, 0) is 6.42 Å². The molecule has 0 spiro atoms. The lowest BCUT2D eigenvalue weighted by Crippen LogP contribution is -2.22. The van der Waals surface area contributed by atoms with Crippen molar-refractivity contribution in [1.82, 2.24) is 0 Å². The number of hydrogen-bond donors (Lipinski definition) is 3. The van der Waals surface area contributed by atoms with E-state index in [1.165, 1.54) is 135 Å². The summed E-state index contributed by atoms with van der Waals surface area (Å²) in [6.07, 6.45) is 30.6. The van der Waals surface area contributed by atoms with Gasteiger partial charge in [0.05, 0.1) is 19.8 Å². The van der Waals surface area contributed by atoms with E-state index >= 15 is 0 Å². The highest BCUT2D eigenvalue weighted by molar-refractivity contribution is 7.47. The first-order valence-corrected chi connectivity index (χ1v) is 17.6. The van der Waals surface area contributed by atoms with E-state index in [-0.39, 0.29) is 26.4 Å². The van der Waals surface area contributed by atoms with Crippen LogP contribution in [0.2, 0.25) is 0 Å². The van der Waals surface area contributed by atoms with Gasteiger partial charge in [-0.1, -0.05) is 148 Å². The van der Waals surface area contributed by atoms with Gasteiger partial charge >= 0.3 is 7.82 Å². The Morgan fingerprint density at radius 1 is 0.579 bits per heavy atom. The van der Waals surface area contributed by atoms with Crippen molar-refractivity contribution >= 4 is 7.82 Å². The number of unbranched alkanes of at least 4 members (excludes halogenated alkanes) is 22. The van der Waals surface area contributed by atoms with Gasteiger partial charge in [-0.25, -0.2) is 4.57 Å². The van der Waals surface area contributed by atoms with Crippen LogP contribution >= 0.6 is 7.82 Å². The zero-order valence-electron chi connectivity index (χ0n) is 24.9. The number of phosphoric acid groups is 1. The molecule has 7 nitrogen and oxygen atoms in total. The maximum atomic E-state index is 11.5. The topological polar surface area (TPSA) is 111 Å². The molecule has 0 aliphatic heterocycles. The van der Waals surface area contributed by atoms with Crippen LogP contribution in [0.15, 0.2) is 0 Å². The lowest BCUT2D eigenvalue weighted by molar-refractivity contribution is 0.00230. The Balaban J connectivity index is 3.19. The molecule has 0 heterocycles. The lowest BCUT2D eigenvalue weighted by Gasteiger charge is -2.15. The van der Waals surface area contributed by atoms with Gasteiger partial charge < -0.3 is 20.5 Å². The molecule has 0 saturated carbocycles. The standard InChI is InChI=1S/C30H64NO6P/c1-2-3-4-5-6-7-8-9-10-11-12-13-14-15-16-17-18-19-20-21-22-23-24-26-35-28-30(32)29-37-38(33,34)36-27-25-31/h30,32H,2-29,31H2,1H3,(H,33,34). The molecule has 38 heavy (non-hydrogen) atoms. The van der Waals surface area contributed by atoms with Crippen molar-refractivity contribution in [2.75, 3.05) is 33.0 Å². The second kappa shape index (κ2) is 30.0. The Morgan fingerprint density at radius 3 is 1.32 bits per heavy atom. The summed E-state index contributed by atoms with van der Waals surface area (Å²) in [7, 11) is -4.14. The molecule has 0 aromatic heterocycles. The predicted octanol–water partition coefficient (Wildman–Crippen LogP) is 8.45. The molecule has 0 saturated heterocycles. The second-order valence-corrected chi connectivity index (χ2v) is 12.3. The first kappa shape index (κ1) is 38.0. The Hall–Kier alpha value is -0.0100. The van der Waals surface area contributed by atoms with Crippen molar-refractivity contribution in [3.05, 3.63) is 0 Å². The third-order valence-electron chi connectivity index (χ3n) is 7.00. The van der Waals surface area contributed by atoms with Gasteiger partial charge in [0.25, 0.3) is 0 Å². The van der Waals surface area contributed by atoms with E-state index in [1.54, 1.807) is 0 Å². The molecule has 0 amide bonds. The smallest absolute Gasteiger partial charge is 0.388 e. The van der Waals surface area contributed by atoms with Crippen LogP contribution in [0.25, 0.3) is 0 Å². The third-order valence-corrected chi connectivity index (χ3v) is 7.99. The summed E-state index contributed by atoms with van der Waals surface area (Å²) in [6, 6.07) is 0. The fraction of sp³-hybridized carbons (Fsp3) is 1.00. The molecule has 0 aromatic rings. The predicted molar refractivity (Wildman–Crippen MR) is 159 cm³/mol. The molecule has 8 heteroatoms. The zero-order valence-corrected chi connectivity index (χ0v) is 25.8. The normalized spacial score (nSPS) is 14.1. The van der Waals surface area contributed by atoms with E-state index in [0.29, 0.717) is 6.61 Å². The Kier molecular flexibility index (Phi) is 30.0. The van der Waals surface area contributed by atoms with E-state index in [9.17, 15) is 14.6 Å². The fourth-order valence-electron chi connectivity index (χ4n) is 4.64. The van der Waals surface area contributed by atoms with Gasteiger partial charge in [0.15, 0.2) is 0 Å². The summed E-state index contributed by atoms with van der Waals surface area (Å²) < 4.78 is 26.2. The molecule has 0 aliphatic rings. The van der Waals surface area contributed by atoms with Crippen molar-refractivity contribution in [3.63, 3.8) is 0 Å². The summed E-state index contributed by atoms with van der Waals surface area (Å²) in [5.41, 5.74) is 5.21. The van der Waals surface area contributed by atoms with Crippen LogP contribution in [0.4, 0.5) is 0 Å². The van der Waals surface area contributed by atoms with Gasteiger partial charge in [0.1, 0.15) is 6.10 Å². The van der Waals surface area contributed by atoms with Crippen LogP contribution in [0.1, 0.15) is 155 Å². The Bertz CT molecular complexity index is 511. The van der Waals surface area contributed by atoms with Crippen LogP contribution in [-0.2, 0) is 18.3 Å². The molecule has 2 atom stereocenters. The highest BCUT2D eigenvalue weighted by Crippen LogP contribution is 2.42. The molecule has 0 rings (SSSR count). The lowest BCUT2D eigenvalue weighted by atomic mass is 10.0. The fourth-order valence-corrected chi connectivity index (χ4v) is 5.41. The molecule has 0 aromatic carbocycles. The van der Waals surface area contributed by atoms with Crippen molar-refractivity contribution in [2.45, 2.75) is 161 Å². The number of hydrogen-bond acceptors (Lipinski definition) is 6. The van der Waals surface area contributed by atoms with Crippen molar-refractivity contribution in [2.24, 2.45) is 5.73 Å². The summed E-state index contributed by atoms with van der Waals surface area (Å²) in [5, 5.41) is 9.76. The van der Waals surface area contributed by atoms with Crippen LogP contribution in [0, 0.1) is 0 Å². The molecule has 0 aliphatic carbocycles. The maximum Gasteiger partial charge on any atom is 0.472 e. The van der Waals surface area contributed by atoms with Gasteiger partial charge in [0.2, 0.25) is 0 Å². The molecule has 2 unspecified atom stereocenters. The first-order chi connectivity index (χ1) is 18.5. The number of phosphoric ester groups is 1. The summed E-state index contributed by atoms with van der Waals surface area (Å²) >= 11 is 0. The molecule has 230 valence electrons. The molecule has 4 N–H and O–H groups in total. The van der Waals surface area contributed by atoms with Crippen LogP contribution in [-0.4, -0.2) is 49.1 Å². The van der Waals surface area contributed by atoms with Crippen LogP contribution < -0.4 is 5.73 Å². The summed E-state index contributed by atoms with van der Waals surface area (Å²) in [5.74, 6) is 0. The van der Waals surface area contributed by atoms with E-state index in [4.69, 9.17) is 15.0 Å². The summed E-state index contributed by atoms with van der Waals surface area (Å²) in [4.78, 5) is 9.36. The maximum absolute atomic E-state index is 11.5. The number of rotatable bonds is 32. The quantitative estimate of drug-likeness (QED) is 0.0554. The number of nitrogens with two attached hydrogens (primary N) is 1. The van der Waals surface area contributed by atoms with E-state index in [1.807, 2.05) is 0 Å². The van der Waals surface area contributed by atoms with Crippen molar-refractivity contribution in [3.8, 4) is 0 Å². The van der Waals surface area contributed by atoms with Crippen molar-refractivity contribution < 1.29 is 28.3 Å². The average Bonchev–Trinajstić information content (AvgIpc) is 2.91. The Morgan fingerprint density at radius 2 is 0.947 bits per heavy atom. The van der Waals surface area contributed by atoms with E-state index in [2.05, 4.69) is 11.4 Å². The van der Waals surface area contributed by atoms with Crippen LogP contribution in [0.5, 0.6) is 0 Å².